The van der Waals surface area contributed by atoms with Gasteiger partial charge in [-0.05, 0) is 12.5 Å². The molecule has 0 fully saturated rings. The fourth-order valence-corrected chi connectivity index (χ4v) is 2.44. The van der Waals surface area contributed by atoms with Crippen molar-refractivity contribution in [3.8, 4) is 11.3 Å². The van der Waals surface area contributed by atoms with Gasteiger partial charge < -0.3 is 0 Å². The lowest BCUT2D eigenvalue weighted by atomic mass is 10.1. The molecule has 0 radical (unpaired) electrons. The second-order valence-electron chi connectivity index (χ2n) is 5.30. The molecule has 0 spiro atoms. The normalized spacial score (nSPS) is 10.5. The Kier molecular flexibility index (Phi) is 5.03. The molecule has 2 aromatic carbocycles. The van der Waals surface area contributed by atoms with Gasteiger partial charge in [0.2, 0.25) is 0 Å². The highest BCUT2D eigenvalue weighted by Crippen LogP contribution is 2.22. The molecule has 1 amide bonds. The molecule has 5 heteroatoms. The van der Waals surface area contributed by atoms with E-state index in [0.29, 0.717) is 24.4 Å². The Morgan fingerprint density at radius 3 is 2.42 bits per heavy atom. The summed E-state index contributed by atoms with van der Waals surface area (Å²) in [6, 6.07) is 19.7. The molecule has 0 aliphatic heterocycles. The summed E-state index contributed by atoms with van der Waals surface area (Å²) in [4.78, 5) is 17.4. The minimum atomic E-state index is -0.296. The van der Waals surface area contributed by atoms with E-state index in [9.17, 15) is 4.79 Å². The number of hydroxylamine groups is 1. The minimum absolute atomic E-state index is 0.296. The maximum absolute atomic E-state index is 12.4. The number of nitrogens with one attached hydrogen (secondary N) is 1. The Bertz CT molecular complexity index is 798. The van der Waals surface area contributed by atoms with Crippen molar-refractivity contribution in [1.29, 1.82) is 0 Å². The molecule has 1 N–H and O–H groups in total. The maximum Gasteiger partial charge on any atom is 0.278 e. The van der Waals surface area contributed by atoms with Crippen LogP contribution in [0, 0.1) is 0 Å². The summed E-state index contributed by atoms with van der Waals surface area (Å²) in [5.41, 5.74) is 5.59. The molecule has 0 bridgehead atoms. The first-order valence-electron chi connectivity index (χ1n) is 7.87. The first-order chi connectivity index (χ1) is 11.8. The highest BCUT2D eigenvalue weighted by Gasteiger charge is 2.18. The van der Waals surface area contributed by atoms with Gasteiger partial charge in [-0.3, -0.25) is 14.3 Å². The second-order valence-corrected chi connectivity index (χ2v) is 5.30. The van der Waals surface area contributed by atoms with Crippen LogP contribution in [0.15, 0.2) is 66.9 Å². The number of hydrogen-bond donors (Lipinski definition) is 1. The molecule has 122 valence electrons. The van der Waals surface area contributed by atoms with Crippen molar-refractivity contribution in [2.75, 3.05) is 6.61 Å². The van der Waals surface area contributed by atoms with Gasteiger partial charge in [0, 0.05) is 11.8 Å². The Hall–Kier alpha value is -2.92. The molecule has 5 nitrogen and oxygen atoms in total. The number of carbonyl (C=O) groups is 1. The van der Waals surface area contributed by atoms with Crippen LogP contribution in [0.3, 0.4) is 0 Å². The molecule has 0 saturated heterocycles. The number of benzene rings is 2. The monoisotopic (exact) mass is 321 g/mol. The van der Waals surface area contributed by atoms with Crippen molar-refractivity contribution in [3.63, 3.8) is 0 Å². The van der Waals surface area contributed by atoms with Crippen LogP contribution in [0.1, 0.15) is 22.8 Å². The summed E-state index contributed by atoms with van der Waals surface area (Å²) in [6.45, 7) is 2.82. The molecular formula is C19H19N3O2. The van der Waals surface area contributed by atoms with Gasteiger partial charge in [-0.1, -0.05) is 60.7 Å². The Morgan fingerprint density at radius 1 is 1.08 bits per heavy atom. The van der Waals surface area contributed by atoms with Crippen LogP contribution in [-0.2, 0) is 11.4 Å². The van der Waals surface area contributed by atoms with Gasteiger partial charge >= 0.3 is 0 Å². The lowest BCUT2D eigenvalue weighted by Gasteiger charge is -2.03. The van der Waals surface area contributed by atoms with E-state index in [0.717, 1.165) is 11.1 Å². The molecular weight excluding hydrogens is 302 g/mol. The largest absolute Gasteiger partial charge is 0.278 e. The number of amides is 1. The zero-order valence-corrected chi connectivity index (χ0v) is 13.5. The van der Waals surface area contributed by atoms with Gasteiger partial charge in [0.1, 0.15) is 5.69 Å². The lowest BCUT2D eigenvalue weighted by molar-refractivity contribution is 0.0365. The maximum atomic E-state index is 12.4. The summed E-state index contributed by atoms with van der Waals surface area (Å²) >= 11 is 0. The quantitative estimate of drug-likeness (QED) is 0.709. The zero-order valence-electron chi connectivity index (χ0n) is 13.5. The average molecular weight is 321 g/mol. The summed E-state index contributed by atoms with van der Waals surface area (Å²) in [6.07, 6.45) is 1.75. The standard InChI is InChI=1S/C19H19N3O2/c1-2-24-21-19(23)17-14-22(13-15-9-5-3-6-10-15)20-18(17)16-11-7-4-8-12-16/h3-12,14H,2,13H2,1H3,(H,21,23). The molecule has 0 saturated carbocycles. The third-order valence-electron chi connectivity index (χ3n) is 3.55. The highest BCUT2D eigenvalue weighted by molar-refractivity contribution is 5.99. The zero-order chi connectivity index (χ0) is 16.8. The molecule has 0 atom stereocenters. The van der Waals surface area contributed by atoms with Crippen LogP contribution in [0.4, 0.5) is 0 Å². The van der Waals surface area contributed by atoms with Crippen molar-refractivity contribution in [3.05, 3.63) is 78.0 Å². The summed E-state index contributed by atoms with van der Waals surface area (Å²) in [5, 5.41) is 4.61. The van der Waals surface area contributed by atoms with E-state index in [1.165, 1.54) is 0 Å². The Morgan fingerprint density at radius 2 is 1.75 bits per heavy atom. The topological polar surface area (TPSA) is 56.1 Å². The predicted molar refractivity (Wildman–Crippen MR) is 92.3 cm³/mol. The number of hydrogen-bond acceptors (Lipinski definition) is 3. The minimum Gasteiger partial charge on any atom is -0.274 e. The Balaban J connectivity index is 1.94. The third kappa shape index (κ3) is 3.70. The highest BCUT2D eigenvalue weighted by atomic mass is 16.6. The number of aromatic nitrogens is 2. The molecule has 0 aliphatic rings. The van der Waals surface area contributed by atoms with Crippen LogP contribution >= 0.6 is 0 Å². The van der Waals surface area contributed by atoms with Gasteiger partial charge in [0.25, 0.3) is 5.91 Å². The summed E-state index contributed by atoms with van der Waals surface area (Å²) in [7, 11) is 0. The third-order valence-corrected chi connectivity index (χ3v) is 3.55. The van der Waals surface area contributed by atoms with Crippen molar-refractivity contribution in [1.82, 2.24) is 15.3 Å². The van der Waals surface area contributed by atoms with E-state index >= 15 is 0 Å². The first kappa shape index (κ1) is 16.0. The number of nitrogens with zero attached hydrogens (tertiary/aromatic N) is 2. The van der Waals surface area contributed by atoms with Gasteiger partial charge in [0.15, 0.2) is 0 Å². The lowest BCUT2D eigenvalue weighted by Crippen LogP contribution is -2.23. The van der Waals surface area contributed by atoms with E-state index in [1.54, 1.807) is 10.9 Å². The second kappa shape index (κ2) is 7.57. The molecule has 3 aromatic rings. The van der Waals surface area contributed by atoms with E-state index in [2.05, 4.69) is 10.6 Å². The van der Waals surface area contributed by atoms with E-state index in [4.69, 9.17) is 4.84 Å². The van der Waals surface area contributed by atoms with Crippen LogP contribution in [0.25, 0.3) is 11.3 Å². The van der Waals surface area contributed by atoms with Gasteiger partial charge in [0.05, 0.1) is 18.7 Å². The fourth-order valence-electron chi connectivity index (χ4n) is 2.44. The molecule has 24 heavy (non-hydrogen) atoms. The molecule has 1 heterocycles. The molecule has 1 aromatic heterocycles. The summed E-state index contributed by atoms with van der Waals surface area (Å²) < 4.78 is 1.78. The van der Waals surface area contributed by atoms with Crippen molar-refractivity contribution < 1.29 is 9.63 Å². The van der Waals surface area contributed by atoms with E-state index < -0.39 is 0 Å². The first-order valence-corrected chi connectivity index (χ1v) is 7.87. The van der Waals surface area contributed by atoms with Crippen molar-refractivity contribution >= 4 is 5.91 Å². The van der Waals surface area contributed by atoms with Crippen LogP contribution in [0.5, 0.6) is 0 Å². The van der Waals surface area contributed by atoms with Crippen LogP contribution < -0.4 is 5.48 Å². The van der Waals surface area contributed by atoms with Gasteiger partial charge in [-0.25, -0.2) is 5.48 Å². The number of carbonyl (C=O) groups excluding carboxylic acids is 1. The van der Waals surface area contributed by atoms with Crippen molar-refractivity contribution in [2.45, 2.75) is 13.5 Å². The van der Waals surface area contributed by atoms with Crippen LogP contribution in [-0.4, -0.2) is 22.3 Å². The smallest absolute Gasteiger partial charge is 0.274 e. The summed E-state index contributed by atoms with van der Waals surface area (Å²) in [5.74, 6) is -0.296. The molecule has 3 rings (SSSR count). The molecule has 0 aliphatic carbocycles. The van der Waals surface area contributed by atoms with E-state index in [-0.39, 0.29) is 5.91 Å². The van der Waals surface area contributed by atoms with E-state index in [1.807, 2.05) is 67.6 Å². The van der Waals surface area contributed by atoms with Crippen molar-refractivity contribution in [2.24, 2.45) is 0 Å². The van der Waals surface area contributed by atoms with Gasteiger partial charge in [-0.15, -0.1) is 0 Å². The number of rotatable bonds is 6. The van der Waals surface area contributed by atoms with Crippen LogP contribution in [0.2, 0.25) is 0 Å². The average Bonchev–Trinajstić information content (AvgIpc) is 3.05. The fraction of sp³-hybridized carbons (Fsp3) is 0.158. The SMILES string of the molecule is CCONC(=O)c1cn(Cc2ccccc2)nc1-c1ccccc1. The predicted octanol–water partition coefficient (Wildman–Crippen LogP) is 3.28. The molecule has 0 unspecified atom stereocenters. The van der Waals surface area contributed by atoms with Gasteiger partial charge in [-0.2, -0.15) is 5.10 Å². The Labute approximate surface area is 140 Å².